The second kappa shape index (κ2) is 3.12. The van der Waals surface area contributed by atoms with Gasteiger partial charge >= 0.3 is 0 Å². The Bertz CT molecular complexity index is 478. The third-order valence-electron chi connectivity index (χ3n) is 1.97. The van der Waals surface area contributed by atoms with Crippen molar-refractivity contribution in [2.75, 3.05) is 5.73 Å². The average molecular weight is 190 g/mol. The Labute approximate surface area is 80.4 Å². The third kappa shape index (κ3) is 1.33. The second-order valence-corrected chi connectivity index (χ2v) is 2.93. The SMILES string of the molecule is NCc1nc(N)nc2cc(O)ccc12. The molecule has 2 aromatic rings. The molecule has 0 saturated heterocycles. The fraction of sp³-hybridized carbons (Fsp3) is 0.111. The van der Waals surface area contributed by atoms with Crippen LogP contribution in [0.4, 0.5) is 5.95 Å². The zero-order valence-electron chi connectivity index (χ0n) is 7.44. The van der Waals surface area contributed by atoms with E-state index in [0.717, 1.165) is 5.39 Å². The minimum atomic E-state index is 0.151. The molecular formula is C9H10N4O. The second-order valence-electron chi connectivity index (χ2n) is 2.93. The highest BCUT2D eigenvalue weighted by molar-refractivity contribution is 5.83. The molecule has 1 heterocycles. The highest BCUT2D eigenvalue weighted by atomic mass is 16.3. The van der Waals surface area contributed by atoms with Crippen molar-refractivity contribution < 1.29 is 5.11 Å². The van der Waals surface area contributed by atoms with Crippen LogP contribution >= 0.6 is 0 Å². The lowest BCUT2D eigenvalue weighted by Crippen LogP contribution is -2.05. The van der Waals surface area contributed by atoms with E-state index in [9.17, 15) is 5.11 Å². The van der Waals surface area contributed by atoms with E-state index < -0.39 is 0 Å². The Balaban J connectivity index is 2.81. The number of fused-ring (bicyclic) bond motifs is 1. The summed E-state index contributed by atoms with van der Waals surface area (Å²) in [5.74, 6) is 0.321. The number of hydrogen-bond donors (Lipinski definition) is 3. The number of nitrogens with two attached hydrogens (primary N) is 2. The van der Waals surface area contributed by atoms with Crippen molar-refractivity contribution >= 4 is 16.9 Å². The minimum Gasteiger partial charge on any atom is -0.508 e. The first-order valence-electron chi connectivity index (χ1n) is 4.16. The summed E-state index contributed by atoms with van der Waals surface area (Å²) in [7, 11) is 0. The highest BCUT2D eigenvalue weighted by Gasteiger charge is 2.04. The van der Waals surface area contributed by atoms with E-state index in [2.05, 4.69) is 9.97 Å². The zero-order valence-corrected chi connectivity index (χ0v) is 7.44. The quantitative estimate of drug-likeness (QED) is 0.603. The van der Waals surface area contributed by atoms with E-state index in [4.69, 9.17) is 11.5 Å². The van der Waals surface area contributed by atoms with Crippen molar-refractivity contribution in [3.8, 4) is 5.75 Å². The molecule has 0 radical (unpaired) electrons. The molecule has 0 spiro atoms. The summed E-state index contributed by atoms with van der Waals surface area (Å²) >= 11 is 0. The molecule has 72 valence electrons. The number of phenolic OH excluding ortho intramolecular Hbond substituents is 1. The lowest BCUT2D eigenvalue weighted by atomic mass is 10.2. The highest BCUT2D eigenvalue weighted by Crippen LogP contribution is 2.20. The summed E-state index contributed by atoms with van der Waals surface area (Å²) in [6.07, 6.45) is 0. The molecule has 0 bridgehead atoms. The van der Waals surface area contributed by atoms with Crippen LogP contribution in [0.5, 0.6) is 5.75 Å². The first kappa shape index (κ1) is 8.71. The molecule has 0 atom stereocenters. The number of nitrogen functional groups attached to an aromatic ring is 1. The van der Waals surface area contributed by atoms with Gasteiger partial charge in [0.05, 0.1) is 11.2 Å². The summed E-state index contributed by atoms with van der Waals surface area (Å²) < 4.78 is 0. The van der Waals surface area contributed by atoms with E-state index in [1.54, 1.807) is 12.1 Å². The molecular weight excluding hydrogens is 180 g/mol. The number of phenols is 1. The summed E-state index contributed by atoms with van der Waals surface area (Å²) in [4.78, 5) is 8.01. The lowest BCUT2D eigenvalue weighted by molar-refractivity contribution is 0.476. The predicted molar refractivity (Wildman–Crippen MR) is 53.5 cm³/mol. The monoisotopic (exact) mass is 190 g/mol. The summed E-state index contributed by atoms with van der Waals surface area (Å²) in [6, 6.07) is 4.83. The molecule has 1 aromatic heterocycles. The molecule has 0 fully saturated rings. The topological polar surface area (TPSA) is 98.0 Å². The molecule has 0 aliphatic rings. The van der Waals surface area contributed by atoms with Gasteiger partial charge in [-0.25, -0.2) is 9.97 Å². The molecule has 5 heteroatoms. The van der Waals surface area contributed by atoms with Crippen molar-refractivity contribution in [3.63, 3.8) is 0 Å². The van der Waals surface area contributed by atoms with Crippen LogP contribution in [0.25, 0.3) is 10.9 Å². The maximum Gasteiger partial charge on any atom is 0.220 e. The Hall–Kier alpha value is -1.88. The van der Waals surface area contributed by atoms with Gasteiger partial charge in [0.15, 0.2) is 0 Å². The van der Waals surface area contributed by atoms with E-state index in [1.165, 1.54) is 6.07 Å². The Morgan fingerprint density at radius 2 is 2.07 bits per heavy atom. The Kier molecular flexibility index (Phi) is 1.94. The van der Waals surface area contributed by atoms with E-state index in [1.807, 2.05) is 0 Å². The molecule has 0 saturated carbocycles. The number of aromatic nitrogens is 2. The zero-order chi connectivity index (χ0) is 10.1. The molecule has 2 rings (SSSR count). The van der Waals surface area contributed by atoms with Crippen LogP contribution in [0.2, 0.25) is 0 Å². The van der Waals surface area contributed by atoms with Crippen LogP contribution in [-0.2, 0) is 6.54 Å². The van der Waals surface area contributed by atoms with E-state index in [0.29, 0.717) is 17.8 Å². The van der Waals surface area contributed by atoms with E-state index in [-0.39, 0.29) is 11.7 Å². The number of rotatable bonds is 1. The maximum absolute atomic E-state index is 9.25. The molecule has 14 heavy (non-hydrogen) atoms. The van der Waals surface area contributed by atoms with Crippen molar-refractivity contribution in [2.24, 2.45) is 5.73 Å². The van der Waals surface area contributed by atoms with Gasteiger partial charge in [0.1, 0.15) is 5.75 Å². The predicted octanol–water partition coefficient (Wildman–Crippen LogP) is 0.376. The molecule has 5 N–H and O–H groups in total. The van der Waals surface area contributed by atoms with Gasteiger partial charge in [0.2, 0.25) is 5.95 Å². The number of benzene rings is 1. The van der Waals surface area contributed by atoms with Gasteiger partial charge in [0.25, 0.3) is 0 Å². The Morgan fingerprint density at radius 3 is 2.79 bits per heavy atom. The van der Waals surface area contributed by atoms with Gasteiger partial charge in [-0.2, -0.15) is 0 Å². The van der Waals surface area contributed by atoms with Crippen LogP contribution in [0.3, 0.4) is 0 Å². The van der Waals surface area contributed by atoms with Crippen molar-refractivity contribution in [3.05, 3.63) is 23.9 Å². The number of hydrogen-bond acceptors (Lipinski definition) is 5. The lowest BCUT2D eigenvalue weighted by Gasteiger charge is -2.04. The maximum atomic E-state index is 9.25. The van der Waals surface area contributed by atoms with E-state index >= 15 is 0 Å². The van der Waals surface area contributed by atoms with Gasteiger partial charge in [-0.1, -0.05) is 0 Å². The van der Waals surface area contributed by atoms with Gasteiger partial charge in [-0.15, -0.1) is 0 Å². The van der Waals surface area contributed by atoms with Crippen LogP contribution in [-0.4, -0.2) is 15.1 Å². The first-order chi connectivity index (χ1) is 6.70. The third-order valence-corrected chi connectivity index (χ3v) is 1.97. The number of nitrogens with zero attached hydrogens (tertiary/aromatic N) is 2. The van der Waals surface area contributed by atoms with Gasteiger partial charge in [-0.3, -0.25) is 0 Å². The first-order valence-corrected chi connectivity index (χ1v) is 4.16. The van der Waals surface area contributed by atoms with Gasteiger partial charge < -0.3 is 16.6 Å². The fourth-order valence-electron chi connectivity index (χ4n) is 1.36. The molecule has 0 aliphatic carbocycles. The Morgan fingerprint density at radius 1 is 1.29 bits per heavy atom. The standard InChI is InChI=1S/C9H10N4O/c10-4-8-6-2-1-5(14)3-7(6)12-9(11)13-8/h1-3,14H,4,10H2,(H2,11,12,13). The van der Waals surface area contributed by atoms with Crippen molar-refractivity contribution in [1.29, 1.82) is 0 Å². The largest absolute Gasteiger partial charge is 0.508 e. The van der Waals surface area contributed by atoms with Crippen molar-refractivity contribution in [2.45, 2.75) is 6.54 Å². The van der Waals surface area contributed by atoms with Crippen LogP contribution in [0.15, 0.2) is 18.2 Å². The summed E-state index contributed by atoms with van der Waals surface area (Å²) in [5, 5.41) is 10.1. The molecule has 0 aliphatic heterocycles. The minimum absolute atomic E-state index is 0.151. The average Bonchev–Trinajstić information content (AvgIpc) is 2.15. The fourth-order valence-corrected chi connectivity index (χ4v) is 1.36. The van der Waals surface area contributed by atoms with Crippen molar-refractivity contribution in [1.82, 2.24) is 9.97 Å². The van der Waals surface area contributed by atoms with Crippen LogP contribution < -0.4 is 11.5 Å². The van der Waals surface area contributed by atoms with Crippen LogP contribution in [0.1, 0.15) is 5.69 Å². The molecule has 1 aromatic carbocycles. The summed E-state index contributed by atoms with van der Waals surface area (Å²) in [5.41, 5.74) is 12.3. The normalized spacial score (nSPS) is 10.6. The van der Waals surface area contributed by atoms with Crippen LogP contribution in [0, 0.1) is 0 Å². The summed E-state index contributed by atoms with van der Waals surface area (Å²) in [6.45, 7) is 0.300. The number of aromatic hydroxyl groups is 1. The smallest absolute Gasteiger partial charge is 0.220 e. The number of anilines is 1. The van der Waals surface area contributed by atoms with Gasteiger partial charge in [-0.05, 0) is 12.1 Å². The molecule has 5 nitrogen and oxygen atoms in total. The van der Waals surface area contributed by atoms with Gasteiger partial charge in [0, 0.05) is 18.0 Å². The molecule has 0 unspecified atom stereocenters. The molecule has 0 amide bonds.